The molecule has 1 N–H and O–H groups in total. The van der Waals surface area contributed by atoms with Crippen molar-refractivity contribution in [1.82, 2.24) is 15.3 Å². The highest BCUT2D eigenvalue weighted by atomic mass is 35.5. The van der Waals surface area contributed by atoms with Crippen LogP contribution < -0.4 is 10.2 Å². The highest BCUT2D eigenvalue weighted by molar-refractivity contribution is 7.10. The van der Waals surface area contributed by atoms with Crippen LogP contribution in [0.2, 0.25) is 5.02 Å². The molecule has 1 atom stereocenters. The summed E-state index contributed by atoms with van der Waals surface area (Å²) >= 11 is 7.66. The molecule has 0 aliphatic heterocycles. The molecule has 30 heavy (non-hydrogen) atoms. The third-order valence-electron chi connectivity index (χ3n) is 5.11. The number of hydrogen-bond donors (Lipinski definition) is 1. The van der Waals surface area contributed by atoms with Crippen molar-refractivity contribution in [2.24, 2.45) is 0 Å². The van der Waals surface area contributed by atoms with Gasteiger partial charge < -0.3 is 5.32 Å². The van der Waals surface area contributed by atoms with Crippen LogP contribution in [0.5, 0.6) is 0 Å². The van der Waals surface area contributed by atoms with Crippen molar-refractivity contribution in [3.63, 3.8) is 0 Å². The normalized spacial score (nSPS) is 15.0. The molecule has 1 aromatic carbocycles. The molecule has 1 aliphatic rings. The van der Waals surface area contributed by atoms with Crippen molar-refractivity contribution in [3.8, 4) is 0 Å². The largest absolute Gasteiger partial charge is 0.351 e. The van der Waals surface area contributed by atoms with Gasteiger partial charge >= 0.3 is 0 Å². The SMILES string of the molecule is O=C(NC1CCCC1)C(c1cccs1)N(C(=O)c1cnccn1)c1cccc(Cl)c1. The summed E-state index contributed by atoms with van der Waals surface area (Å²) in [5.41, 5.74) is 0.686. The van der Waals surface area contributed by atoms with Crippen molar-refractivity contribution < 1.29 is 9.59 Å². The third kappa shape index (κ3) is 4.52. The smallest absolute Gasteiger partial charge is 0.279 e. The molecule has 1 unspecified atom stereocenters. The van der Waals surface area contributed by atoms with E-state index < -0.39 is 11.9 Å². The first-order chi connectivity index (χ1) is 14.6. The molecule has 2 heterocycles. The van der Waals surface area contributed by atoms with Crippen LogP contribution in [0.25, 0.3) is 0 Å². The number of amides is 2. The zero-order valence-corrected chi connectivity index (χ0v) is 17.8. The van der Waals surface area contributed by atoms with Gasteiger partial charge in [0.1, 0.15) is 5.69 Å². The first kappa shape index (κ1) is 20.5. The van der Waals surface area contributed by atoms with Gasteiger partial charge in [0, 0.05) is 34.0 Å². The molecular weight excluding hydrogens is 420 g/mol. The number of halogens is 1. The van der Waals surface area contributed by atoms with Crippen molar-refractivity contribution >= 4 is 40.4 Å². The molecule has 6 nitrogen and oxygen atoms in total. The fourth-order valence-corrected chi connectivity index (χ4v) is 4.71. The lowest BCUT2D eigenvalue weighted by atomic mass is 10.1. The molecule has 2 aromatic heterocycles. The average molecular weight is 441 g/mol. The first-order valence-electron chi connectivity index (χ1n) is 9.82. The Morgan fingerprint density at radius 2 is 2.00 bits per heavy atom. The molecule has 0 bridgehead atoms. The molecule has 0 saturated heterocycles. The van der Waals surface area contributed by atoms with Crippen molar-refractivity contribution in [3.05, 3.63) is 76.0 Å². The molecule has 154 valence electrons. The van der Waals surface area contributed by atoms with E-state index in [9.17, 15) is 9.59 Å². The highest BCUT2D eigenvalue weighted by Gasteiger charge is 2.36. The van der Waals surface area contributed by atoms with E-state index >= 15 is 0 Å². The summed E-state index contributed by atoms with van der Waals surface area (Å²) in [7, 11) is 0. The van der Waals surface area contributed by atoms with E-state index in [2.05, 4.69) is 15.3 Å². The van der Waals surface area contributed by atoms with E-state index in [0.717, 1.165) is 30.6 Å². The first-order valence-corrected chi connectivity index (χ1v) is 11.1. The van der Waals surface area contributed by atoms with E-state index in [1.807, 2.05) is 17.5 Å². The van der Waals surface area contributed by atoms with E-state index in [1.165, 1.54) is 34.8 Å². The summed E-state index contributed by atoms with van der Waals surface area (Å²) in [4.78, 5) is 37.4. The van der Waals surface area contributed by atoms with Gasteiger partial charge in [-0.1, -0.05) is 36.6 Å². The lowest BCUT2D eigenvalue weighted by Gasteiger charge is -2.31. The number of carbonyl (C=O) groups excluding carboxylic acids is 2. The predicted octanol–water partition coefficient (Wildman–Crippen LogP) is 4.64. The summed E-state index contributed by atoms with van der Waals surface area (Å²) < 4.78 is 0. The monoisotopic (exact) mass is 440 g/mol. The van der Waals surface area contributed by atoms with E-state index in [0.29, 0.717) is 10.7 Å². The number of nitrogens with one attached hydrogen (secondary N) is 1. The van der Waals surface area contributed by atoms with Gasteiger partial charge in [-0.05, 0) is 42.5 Å². The molecule has 0 spiro atoms. The number of hydrogen-bond acceptors (Lipinski definition) is 5. The summed E-state index contributed by atoms with van der Waals surface area (Å²) in [5, 5.41) is 5.52. The minimum absolute atomic E-state index is 0.132. The second kappa shape index (κ2) is 9.36. The van der Waals surface area contributed by atoms with E-state index in [4.69, 9.17) is 11.6 Å². The standard InChI is InChI=1S/C22H21ClN4O2S/c23-15-5-3-8-17(13-15)27(22(29)18-14-24-10-11-25-18)20(19-9-4-12-30-19)21(28)26-16-6-1-2-7-16/h3-5,8-14,16,20H,1-2,6-7H2,(H,26,28). The second-order valence-corrected chi connectivity index (χ2v) is 8.57. The lowest BCUT2D eigenvalue weighted by molar-refractivity contribution is -0.123. The number of carbonyl (C=O) groups is 2. The Morgan fingerprint density at radius 1 is 1.17 bits per heavy atom. The molecule has 2 amide bonds. The van der Waals surface area contributed by atoms with Crippen molar-refractivity contribution in [2.45, 2.75) is 37.8 Å². The maximum absolute atomic E-state index is 13.5. The van der Waals surface area contributed by atoms with Gasteiger partial charge in [0.25, 0.3) is 5.91 Å². The number of benzene rings is 1. The maximum atomic E-state index is 13.5. The Balaban J connectivity index is 1.78. The van der Waals surface area contributed by atoms with Crippen LogP contribution in [0.3, 0.4) is 0 Å². The molecule has 8 heteroatoms. The predicted molar refractivity (Wildman–Crippen MR) is 118 cm³/mol. The molecule has 3 aromatic rings. The number of rotatable bonds is 6. The number of anilines is 1. The van der Waals surface area contributed by atoms with Gasteiger partial charge in [-0.15, -0.1) is 11.3 Å². The highest BCUT2D eigenvalue weighted by Crippen LogP contribution is 2.33. The number of thiophene rings is 1. The maximum Gasteiger partial charge on any atom is 0.279 e. The number of aromatic nitrogens is 2. The van der Waals surface area contributed by atoms with Gasteiger partial charge in [-0.25, -0.2) is 4.98 Å². The van der Waals surface area contributed by atoms with Crippen LogP contribution in [0.4, 0.5) is 5.69 Å². The number of nitrogens with zero attached hydrogens (tertiary/aromatic N) is 3. The van der Waals surface area contributed by atoms with Crippen LogP contribution in [-0.2, 0) is 4.79 Å². The fourth-order valence-electron chi connectivity index (χ4n) is 3.71. The Morgan fingerprint density at radius 3 is 2.67 bits per heavy atom. The average Bonchev–Trinajstić information content (AvgIpc) is 3.46. The van der Waals surface area contributed by atoms with Crippen LogP contribution in [0.15, 0.2) is 60.4 Å². The van der Waals surface area contributed by atoms with E-state index in [1.54, 1.807) is 24.3 Å². The Bertz CT molecular complexity index is 1010. The molecule has 0 radical (unpaired) electrons. The third-order valence-corrected chi connectivity index (χ3v) is 6.27. The lowest BCUT2D eigenvalue weighted by Crippen LogP contribution is -2.46. The zero-order chi connectivity index (χ0) is 20.9. The molecule has 1 fully saturated rings. The zero-order valence-electron chi connectivity index (χ0n) is 16.2. The van der Waals surface area contributed by atoms with Gasteiger partial charge in [-0.3, -0.25) is 19.5 Å². The van der Waals surface area contributed by atoms with Gasteiger partial charge in [0.15, 0.2) is 6.04 Å². The Labute approximate surface area is 183 Å². The van der Waals surface area contributed by atoms with E-state index in [-0.39, 0.29) is 17.6 Å². The van der Waals surface area contributed by atoms with Gasteiger partial charge in [0.05, 0.1) is 6.20 Å². The Kier molecular flexibility index (Phi) is 6.40. The van der Waals surface area contributed by atoms with Gasteiger partial charge in [0.2, 0.25) is 5.91 Å². The topological polar surface area (TPSA) is 75.2 Å². The Hall–Kier alpha value is -2.77. The fraction of sp³-hybridized carbons (Fsp3) is 0.273. The minimum Gasteiger partial charge on any atom is -0.351 e. The molecule has 4 rings (SSSR count). The van der Waals surface area contributed by atoms with Crippen LogP contribution in [0.1, 0.15) is 47.1 Å². The minimum atomic E-state index is -0.835. The van der Waals surface area contributed by atoms with Crippen molar-refractivity contribution in [1.29, 1.82) is 0 Å². The van der Waals surface area contributed by atoms with Crippen LogP contribution in [0, 0.1) is 0 Å². The van der Waals surface area contributed by atoms with Crippen LogP contribution in [-0.4, -0.2) is 27.8 Å². The molecule has 1 saturated carbocycles. The summed E-state index contributed by atoms with van der Waals surface area (Å²) in [6.07, 6.45) is 8.49. The quantitative estimate of drug-likeness (QED) is 0.606. The summed E-state index contributed by atoms with van der Waals surface area (Å²) in [6, 6.07) is 9.97. The van der Waals surface area contributed by atoms with Gasteiger partial charge in [-0.2, -0.15) is 0 Å². The molecular formula is C22H21ClN4O2S. The van der Waals surface area contributed by atoms with Crippen molar-refractivity contribution in [2.75, 3.05) is 4.90 Å². The molecule has 1 aliphatic carbocycles. The summed E-state index contributed by atoms with van der Waals surface area (Å²) in [5.74, 6) is -0.619. The summed E-state index contributed by atoms with van der Waals surface area (Å²) in [6.45, 7) is 0. The van der Waals surface area contributed by atoms with Crippen LogP contribution >= 0.6 is 22.9 Å². The second-order valence-electron chi connectivity index (χ2n) is 7.15.